The molecule has 0 radical (unpaired) electrons. The first kappa shape index (κ1) is 23.8. The van der Waals surface area contributed by atoms with Crippen LogP contribution in [0.5, 0.6) is 0 Å². The lowest BCUT2D eigenvalue weighted by atomic mass is 9.59. The van der Waals surface area contributed by atoms with Crippen LogP contribution in [0, 0.1) is 29.1 Å². The molecule has 0 bridgehead atoms. The highest BCUT2D eigenvalue weighted by Gasteiger charge is 2.51. The van der Waals surface area contributed by atoms with Gasteiger partial charge in [0, 0.05) is 6.04 Å². The summed E-state index contributed by atoms with van der Waals surface area (Å²) in [5, 5.41) is 10.2. The second-order valence-electron chi connectivity index (χ2n) is 11.8. The Bertz CT molecular complexity index is 681. The fraction of sp³-hybridized carbons (Fsp3) is 0.786. The molecule has 30 heavy (non-hydrogen) atoms. The van der Waals surface area contributed by atoms with Crippen LogP contribution in [0.4, 0.5) is 0 Å². The molecular weight excluding hydrogens is 366 g/mol. The van der Waals surface area contributed by atoms with Crippen molar-refractivity contribution in [3.05, 3.63) is 35.5 Å². The van der Waals surface area contributed by atoms with Gasteiger partial charge in [-0.3, -0.25) is 0 Å². The van der Waals surface area contributed by atoms with Crippen LogP contribution >= 0.6 is 0 Å². The largest absolute Gasteiger partial charge is 0.390 e. The second kappa shape index (κ2) is 9.33. The third kappa shape index (κ3) is 5.30. The van der Waals surface area contributed by atoms with Crippen LogP contribution in [-0.4, -0.2) is 16.7 Å². The summed E-state index contributed by atoms with van der Waals surface area (Å²) in [5.41, 5.74) is 10.6. The van der Waals surface area contributed by atoms with Crippen molar-refractivity contribution in [2.45, 2.75) is 110 Å². The van der Waals surface area contributed by atoms with Gasteiger partial charge in [0.05, 0.1) is 5.60 Å². The maximum absolute atomic E-state index is 10.2. The SMILES string of the molecule is C=C1CC/C(=C/C=C2\CCCC3(C)C2CCC3C(C)C(C)CCC(C)(C)O)CC1N. The molecule has 3 fully saturated rings. The molecule has 0 aromatic rings. The molecule has 3 rings (SSSR count). The topological polar surface area (TPSA) is 46.2 Å². The van der Waals surface area contributed by atoms with Crippen LogP contribution < -0.4 is 5.73 Å². The van der Waals surface area contributed by atoms with Crippen molar-refractivity contribution in [1.82, 2.24) is 0 Å². The summed E-state index contributed by atoms with van der Waals surface area (Å²) in [6, 6.07) is 0.155. The van der Waals surface area contributed by atoms with E-state index in [-0.39, 0.29) is 6.04 Å². The van der Waals surface area contributed by atoms with Gasteiger partial charge < -0.3 is 10.8 Å². The number of fused-ring (bicyclic) bond motifs is 1. The van der Waals surface area contributed by atoms with E-state index in [1.54, 1.807) is 5.57 Å². The summed E-state index contributed by atoms with van der Waals surface area (Å²) >= 11 is 0. The van der Waals surface area contributed by atoms with Crippen LogP contribution in [-0.2, 0) is 0 Å². The summed E-state index contributed by atoms with van der Waals surface area (Å²) in [6.45, 7) is 15.5. The van der Waals surface area contributed by atoms with Gasteiger partial charge in [-0.1, -0.05) is 56.2 Å². The number of allylic oxidation sites excluding steroid dienone is 3. The molecule has 0 aromatic heterocycles. The van der Waals surface area contributed by atoms with Gasteiger partial charge in [0.15, 0.2) is 0 Å². The Morgan fingerprint density at radius 1 is 1.20 bits per heavy atom. The fourth-order valence-corrected chi connectivity index (χ4v) is 6.80. The monoisotopic (exact) mass is 413 g/mol. The lowest BCUT2D eigenvalue weighted by Gasteiger charge is -2.45. The van der Waals surface area contributed by atoms with E-state index >= 15 is 0 Å². The van der Waals surface area contributed by atoms with Crippen molar-refractivity contribution in [3.8, 4) is 0 Å². The zero-order valence-corrected chi connectivity index (χ0v) is 20.3. The number of rotatable bonds is 6. The Morgan fingerprint density at radius 3 is 2.60 bits per heavy atom. The molecule has 3 aliphatic rings. The molecule has 2 nitrogen and oxygen atoms in total. The summed E-state index contributed by atoms with van der Waals surface area (Å²) in [4.78, 5) is 0. The Hall–Kier alpha value is -0.860. The van der Waals surface area contributed by atoms with Crippen molar-refractivity contribution in [2.24, 2.45) is 34.8 Å². The van der Waals surface area contributed by atoms with Crippen molar-refractivity contribution in [1.29, 1.82) is 0 Å². The Labute approximate surface area is 186 Å². The van der Waals surface area contributed by atoms with Crippen molar-refractivity contribution in [2.75, 3.05) is 0 Å². The second-order valence-corrected chi connectivity index (χ2v) is 11.8. The van der Waals surface area contributed by atoms with E-state index < -0.39 is 5.60 Å². The van der Waals surface area contributed by atoms with E-state index in [0.717, 1.165) is 49.9 Å². The average molecular weight is 414 g/mol. The van der Waals surface area contributed by atoms with E-state index in [2.05, 4.69) is 39.5 Å². The lowest BCUT2D eigenvalue weighted by molar-refractivity contribution is 0.0447. The molecule has 6 atom stereocenters. The predicted octanol–water partition coefficient (Wildman–Crippen LogP) is 6.95. The van der Waals surface area contributed by atoms with Gasteiger partial charge in [-0.2, -0.15) is 0 Å². The summed E-state index contributed by atoms with van der Waals surface area (Å²) < 4.78 is 0. The third-order valence-corrected chi connectivity index (χ3v) is 9.09. The number of nitrogens with two attached hydrogens (primary N) is 1. The molecule has 0 amide bonds. The van der Waals surface area contributed by atoms with Crippen LogP contribution in [0.3, 0.4) is 0 Å². The number of hydrogen-bond acceptors (Lipinski definition) is 2. The highest BCUT2D eigenvalue weighted by molar-refractivity contribution is 5.28. The first-order valence-corrected chi connectivity index (χ1v) is 12.6. The van der Waals surface area contributed by atoms with Crippen molar-refractivity contribution >= 4 is 0 Å². The van der Waals surface area contributed by atoms with Gasteiger partial charge in [0.2, 0.25) is 0 Å². The van der Waals surface area contributed by atoms with Crippen molar-refractivity contribution < 1.29 is 5.11 Å². The minimum atomic E-state index is -0.543. The van der Waals surface area contributed by atoms with Gasteiger partial charge in [-0.05, 0) is 107 Å². The van der Waals surface area contributed by atoms with Gasteiger partial charge in [0.25, 0.3) is 0 Å². The average Bonchev–Trinajstić information content (AvgIpc) is 3.03. The first-order valence-electron chi connectivity index (χ1n) is 12.6. The van der Waals surface area contributed by atoms with E-state index in [1.807, 2.05) is 13.8 Å². The van der Waals surface area contributed by atoms with Crippen LogP contribution in [0.1, 0.15) is 98.8 Å². The van der Waals surface area contributed by atoms with Gasteiger partial charge >= 0.3 is 0 Å². The minimum Gasteiger partial charge on any atom is -0.390 e. The maximum atomic E-state index is 10.2. The Morgan fingerprint density at radius 2 is 1.93 bits per heavy atom. The molecule has 0 aliphatic heterocycles. The van der Waals surface area contributed by atoms with Gasteiger partial charge in [-0.15, -0.1) is 0 Å². The number of aliphatic hydroxyl groups is 1. The maximum Gasteiger partial charge on any atom is 0.0591 e. The molecule has 3 saturated carbocycles. The predicted molar refractivity (Wildman–Crippen MR) is 129 cm³/mol. The first-order chi connectivity index (χ1) is 14.0. The van der Waals surface area contributed by atoms with Crippen LogP contribution in [0.15, 0.2) is 35.5 Å². The molecule has 6 unspecified atom stereocenters. The highest BCUT2D eigenvalue weighted by Crippen LogP contribution is 2.60. The molecule has 3 aliphatic carbocycles. The molecule has 0 saturated heterocycles. The van der Waals surface area contributed by atoms with E-state index in [1.165, 1.54) is 43.3 Å². The lowest BCUT2D eigenvalue weighted by Crippen LogP contribution is -2.37. The third-order valence-electron chi connectivity index (χ3n) is 9.09. The fourth-order valence-electron chi connectivity index (χ4n) is 6.80. The number of hydrogen-bond donors (Lipinski definition) is 2. The molecule has 170 valence electrons. The summed E-state index contributed by atoms with van der Waals surface area (Å²) in [5.74, 6) is 2.96. The zero-order chi connectivity index (χ0) is 22.1. The molecule has 0 spiro atoms. The molecule has 0 heterocycles. The smallest absolute Gasteiger partial charge is 0.0591 e. The van der Waals surface area contributed by atoms with E-state index in [4.69, 9.17) is 5.73 Å². The van der Waals surface area contributed by atoms with Gasteiger partial charge in [-0.25, -0.2) is 0 Å². The molecule has 0 aromatic carbocycles. The molecule has 2 heteroatoms. The summed E-state index contributed by atoms with van der Waals surface area (Å²) in [6.07, 6.45) is 16.8. The standard InChI is InChI=1S/C28H47NO/c1-19(15-17-27(4,5)30)21(3)24-13-14-25-23(8-7-16-28(24,25)6)12-11-22-10-9-20(2)26(29)18-22/h11-12,19,21,24-26,30H,2,7-10,13-18,29H2,1,3-6H3/b22-11-,23-12+. The highest BCUT2D eigenvalue weighted by atomic mass is 16.3. The summed E-state index contributed by atoms with van der Waals surface area (Å²) in [7, 11) is 0. The van der Waals surface area contributed by atoms with E-state index in [0.29, 0.717) is 11.3 Å². The van der Waals surface area contributed by atoms with Crippen LogP contribution in [0.2, 0.25) is 0 Å². The normalized spacial score (nSPS) is 37.4. The quantitative estimate of drug-likeness (QED) is 0.463. The van der Waals surface area contributed by atoms with Crippen LogP contribution in [0.25, 0.3) is 0 Å². The Balaban J connectivity index is 1.69. The Kier molecular flexibility index (Phi) is 7.40. The van der Waals surface area contributed by atoms with Gasteiger partial charge in [0.1, 0.15) is 0 Å². The minimum absolute atomic E-state index is 0.155. The van der Waals surface area contributed by atoms with E-state index in [9.17, 15) is 5.11 Å². The van der Waals surface area contributed by atoms with Crippen molar-refractivity contribution in [3.63, 3.8) is 0 Å². The molecular formula is C28H47NO. The zero-order valence-electron chi connectivity index (χ0n) is 20.3. The molecule has 3 N–H and O–H groups in total.